The van der Waals surface area contributed by atoms with Crippen molar-refractivity contribution in [1.29, 1.82) is 0 Å². The largest absolute Gasteiger partial charge is 0.469 e. The maximum atomic E-state index is 12.4. The summed E-state index contributed by atoms with van der Waals surface area (Å²) < 4.78 is 4.63. The standard InChI is InChI=1S/C21H35NO4/c1-4-5-7-10-16(23)14-18(22)21-15(2)13-19(24)17(21)11-8-6-9-12-20(25)26-3/h14-15,17,21H,4-13,22H2,1-3H3/b18-14-/t15-,17+,21+/m1/s1. The fraction of sp³-hybridized carbons (Fsp3) is 0.762. The first-order valence-corrected chi connectivity index (χ1v) is 10.00. The van der Waals surface area contributed by atoms with Crippen LogP contribution >= 0.6 is 0 Å². The maximum Gasteiger partial charge on any atom is 0.305 e. The Balaban J connectivity index is 2.56. The van der Waals surface area contributed by atoms with Gasteiger partial charge < -0.3 is 10.5 Å². The number of carbonyl (C=O) groups excluding carboxylic acids is 3. The van der Waals surface area contributed by atoms with Crippen molar-refractivity contribution in [3.05, 3.63) is 11.8 Å². The van der Waals surface area contributed by atoms with Gasteiger partial charge in [0.2, 0.25) is 0 Å². The molecule has 5 heteroatoms. The molecule has 0 heterocycles. The molecule has 0 aromatic carbocycles. The van der Waals surface area contributed by atoms with E-state index in [-0.39, 0.29) is 35.3 Å². The zero-order chi connectivity index (χ0) is 19.5. The van der Waals surface area contributed by atoms with E-state index in [2.05, 4.69) is 11.7 Å². The molecule has 0 radical (unpaired) electrons. The predicted molar refractivity (Wildman–Crippen MR) is 102 cm³/mol. The second-order valence-corrected chi connectivity index (χ2v) is 7.52. The van der Waals surface area contributed by atoms with Gasteiger partial charge in [-0.05, 0) is 25.2 Å². The minimum Gasteiger partial charge on any atom is -0.469 e. The molecule has 0 saturated heterocycles. The molecule has 5 nitrogen and oxygen atoms in total. The van der Waals surface area contributed by atoms with E-state index in [4.69, 9.17) is 5.73 Å². The molecule has 1 fully saturated rings. The topological polar surface area (TPSA) is 86.5 Å². The number of esters is 1. The van der Waals surface area contributed by atoms with Crippen LogP contribution in [0.3, 0.4) is 0 Å². The van der Waals surface area contributed by atoms with Gasteiger partial charge in [-0.15, -0.1) is 0 Å². The van der Waals surface area contributed by atoms with Crippen molar-refractivity contribution >= 4 is 17.5 Å². The number of unbranched alkanes of at least 4 members (excludes halogenated alkanes) is 4. The van der Waals surface area contributed by atoms with Gasteiger partial charge in [0.05, 0.1) is 7.11 Å². The van der Waals surface area contributed by atoms with E-state index in [1.807, 2.05) is 6.92 Å². The number of ketones is 2. The second-order valence-electron chi connectivity index (χ2n) is 7.52. The average molecular weight is 366 g/mol. The van der Waals surface area contributed by atoms with E-state index in [1.54, 1.807) is 6.08 Å². The summed E-state index contributed by atoms with van der Waals surface area (Å²) in [5.74, 6) is 0.190. The number of nitrogens with two attached hydrogens (primary N) is 1. The molecule has 0 unspecified atom stereocenters. The molecule has 3 atom stereocenters. The summed E-state index contributed by atoms with van der Waals surface area (Å²) in [5.41, 5.74) is 6.82. The van der Waals surface area contributed by atoms with Gasteiger partial charge in [-0.3, -0.25) is 14.4 Å². The Kier molecular flexibility index (Phi) is 10.2. The Bertz CT molecular complexity index is 512. The van der Waals surface area contributed by atoms with Crippen LogP contribution in [0.2, 0.25) is 0 Å². The van der Waals surface area contributed by atoms with E-state index in [0.717, 1.165) is 44.9 Å². The predicted octanol–water partition coefficient (Wildman–Crippen LogP) is 3.94. The number of hydrogen-bond acceptors (Lipinski definition) is 5. The van der Waals surface area contributed by atoms with Gasteiger partial charge in [0, 0.05) is 42.9 Å². The molecule has 148 valence electrons. The minimum absolute atomic E-state index is 0.0294. The van der Waals surface area contributed by atoms with Gasteiger partial charge in [0.1, 0.15) is 5.78 Å². The number of carbonyl (C=O) groups is 3. The van der Waals surface area contributed by atoms with Crippen LogP contribution in [0.4, 0.5) is 0 Å². The fourth-order valence-corrected chi connectivity index (χ4v) is 3.91. The average Bonchev–Trinajstić information content (AvgIpc) is 2.88. The summed E-state index contributed by atoms with van der Waals surface area (Å²) in [4.78, 5) is 35.6. The van der Waals surface area contributed by atoms with E-state index in [0.29, 0.717) is 25.0 Å². The van der Waals surface area contributed by atoms with Crippen molar-refractivity contribution in [3.63, 3.8) is 0 Å². The zero-order valence-electron chi connectivity index (χ0n) is 16.6. The highest BCUT2D eigenvalue weighted by Gasteiger charge is 2.40. The summed E-state index contributed by atoms with van der Waals surface area (Å²) in [6.07, 6.45) is 9.39. The van der Waals surface area contributed by atoms with Crippen molar-refractivity contribution in [2.45, 2.75) is 78.1 Å². The molecule has 26 heavy (non-hydrogen) atoms. The molecule has 1 aliphatic rings. The summed E-state index contributed by atoms with van der Waals surface area (Å²) in [5, 5.41) is 0. The Hall–Kier alpha value is -1.65. The maximum absolute atomic E-state index is 12.4. The lowest BCUT2D eigenvalue weighted by molar-refractivity contribution is -0.140. The Labute approximate surface area is 157 Å². The van der Waals surface area contributed by atoms with Crippen LogP contribution in [0, 0.1) is 17.8 Å². The van der Waals surface area contributed by atoms with Crippen LogP contribution in [0.15, 0.2) is 11.8 Å². The molecule has 0 aromatic rings. The van der Waals surface area contributed by atoms with E-state index in [9.17, 15) is 14.4 Å². The van der Waals surface area contributed by atoms with Crippen LogP contribution < -0.4 is 5.73 Å². The highest BCUT2D eigenvalue weighted by Crippen LogP contribution is 2.40. The SMILES string of the molecule is CCCCCC(=O)/C=C(\N)[C@H]1[C@H](C)CC(=O)[C@@H]1CCCCCC(=O)OC. The van der Waals surface area contributed by atoms with Crippen LogP contribution in [0.25, 0.3) is 0 Å². The molecule has 1 saturated carbocycles. The molecule has 1 aliphatic carbocycles. The first kappa shape index (κ1) is 22.4. The summed E-state index contributed by atoms with van der Waals surface area (Å²) >= 11 is 0. The quantitative estimate of drug-likeness (QED) is 0.321. The summed E-state index contributed by atoms with van der Waals surface area (Å²) in [6.45, 7) is 4.15. The Morgan fingerprint density at radius 2 is 1.85 bits per heavy atom. The second kappa shape index (κ2) is 11.9. The van der Waals surface area contributed by atoms with Crippen molar-refractivity contribution in [2.75, 3.05) is 7.11 Å². The van der Waals surface area contributed by atoms with E-state index < -0.39 is 0 Å². The van der Waals surface area contributed by atoms with Crippen LogP contribution in [0.1, 0.15) is 78.1 Å². The molecule has 0 aromatic heterocycles. The first-order chi connectivity index (χ1) is 12.4. The lowest BCUT2D eigenvalue weighted by atomic mass is 9.83. The van der Waals surface area contributed by atoms with Crippen molar-refractivity contribution in [3.8, 4) is 0 Å². The lowest BCUT2D eigenvalue weighted by Crippen LogP contribution is -2.24. The fourth-order valence-electron chi connectivity index (χ4n) is 3.91. The summed E-state index contributed by atoms with van der Waals surface area (Å²) in [7, 11) is 1.39. The molecule has 2 N–H and O–H groups in total. The van der Waals surface area contributed by atoms with Crippen molar-refractivity contribution in [1.82, 2.24) is 0 Å². The Morgan fingerprint density at radius 3 is 2.50 bits per heavy atom. The van der Waals surface area contributed by atoms with Gasteiger partial charge in [-0.2, -0.15) is 0 Å². The molecule has 0 amide bonds. The third kappa shape index (κ3) is 7.30. The monoisotopic (exact) mass is 365 g/mol. The van der Waals surface area contributed by atoms with Crippen LogP contribution in [0.5, 0.6) is 0 Å². The van der Waals surface area contributed by atoms with Crippen molar-refractivity contribution < 1.29 is 19.1 Å². The molecule has 0 spiro atoms. The van der Waals surface area contributed by atoms with Gasteiger partial charge in [0.15, 0.2) is 5.78 Å². The normalized spacial score (nSPS) is 23.3. The van der Waals surface area contributed by atoms with Gasteiger partial charge in [-0.25, -0.2) is 0 Å². The van der Waals surface area contributed by atoms with E-state index >= 15 is 0 Å². The Morgan fingerprint density at radius 1 is 1.15 bits per heavy atom. The van der Waals surface area contributed by atoms with Crippen LogP contribution in [-0.2, 0) is 19.1 Å². The number of Topliss-reactive ketones (excluding diaryl/α,β-unsaturated/α-hetero) is 1. The van der Waals surface area contributed by atoms with Crippen molar-refractivity contribution in [2.24, 2.45) is 23.5 Å². The minimum atomic E-state index is -0.192. The highest BCUT2D eigenvalue weighted by atomic mass is 16.5. The molecular weight excluding hydrogens is 330 g/mol. The van der Waals surface area contributed by atoms with Gasteiger partial charge in [-0.1, -0.05) is 39.5 Å². The first-order valence-electron chi connectivity index (χ1n) is 10.00. The lowest BCUT2D eigenvalue weighted by Gasteiger charge is -2.22. The van der Waals surface area contributed by atoms with Gasteiger partial charge in [0.25, 0.3) is 0 Å². The smallest absolute Gasteiger partial charge is 0.305 e. The molecule has 1 rings (SSSR count). The van der Waals surface area contributed by atoms with Crippen LogP contribution in [-0.4, -0.2) is 24.6 Å². The number of hydrogen-bond donors (Lipinski definition) is 1. The third-order valence-electron chi connectivity index (χ3n) is 5.35. The molecular formula is C21H35NO4. The molecule has 0 bridgehead atoms. The number of allylic oxidation sites excluding steroid dienone is 2. The highest BCUT2D eigenvalue weighted by molar-refractivity contribution is 5.91. The molecule has 0 aliphatic heterocycles. The number of ether oxygens (including phenoxy) is 1. The van der Waals surface area contributed by atoms with Gasteiger partial charge >= 0.3 is 5.97 Å². The third-order valence-corrected chi connectivity index (χ3v) is 5.35. The zero-order valence-corrected chi connectivity index (χ0v) is 16.6. The number of methoxy groups -OCH3 is 1. The summed E-state index contributed by atoms with van der Waals surface area (Å²) in [6, 6.07) is 0. The van der Waals surface area contributed by atoms with E-state index in [1.165, 1.54) is 7.11 Å². The number of rotatable bonds is 12.